The topological polar surface area (TPSA) is 49.8 Å². The van der Waals surface area contributed by atoms with E-state index in [4.69, 9.17) is 4.74 Å². The minimum Gasteiger partial charge on any atom is -0.460 e. The van der Waals surface area contributed by atoms with Crippen molar-refractivity contribution in [3.8, 4) is 0 Å². The van der Waals surface area contributed by atoms with Crippen molar-refractivity contribution in [1.82, 2.24) is 4.90 Å². The lowest BCUT2D eigenvalue weighted by Gasteiger charge is -2.21. The van der Waals surface area contributed by atoms with Crippen LogP contribution in [-0.2, 0) is 9.53 Å². The molecule has 0 fully saturated rings. The van der Waals surface area contributed by atoms with Gasteiger partial charge in [-0.1, -0.05) is 20.4 Å². The summed E-state index contributed by atoms with van der Waals surface area (Å²) in [7, 11) is 0. The number of rotatable bonds is 7. The van der Waals surface area contributed by atoms with Crippen molar-refractivity contribution in [2.45, 2.75) is 26.9 Å². The summed E-state index contributed by atoms with van der Waals surface area (Å²) in [5.74, 6) is -0.450. The van der Waals surface area contributed by atoms with Crippen molar-refractivity contribution >= 4 is 23.0 Å². The molecule has 0 spiro atoms. The molecule has 0 aliphatic carbocycles. The molecule has 96 valence electrons. The predicted molar refractivity (Wildman–Crippen MR) is 69.9 cm³/mol. The number of carbonyl (C=O) groups excluding carboxylic acids is 1. The van der Waals surface area contributed by atoms with Crippen molar-refractivity contribution in [3.05, 3.63) is 12.2 Å². The first-order chi connectivity index (χ1) is 7.01. The molecule has 0 bridgehead atoms. The van der Waals surface area contributed by atoms with Gasteiger partial charge in [-0.2, -0.15) is 0 Å². The summed E-state index contributed by atoms with van der Waals surface area (Å²) in [6, 6.07) is 0. The molecule has 0 aliphatic heterocycles. The molecule has 4 nitrogen and oxygen atoms in total. The molecule has 1 atom stereocenters. The number of aliphatic hydroxyl groups is 1. The van der Waals surface area contributed by atoms with Gasteiger partial charge in [-0.05, 0) is 20.0 Å². The molecule has 0 aliphatic rings. The summed E-state index contributed by atoms with van der Waals surface area (Å²) in [4.78, 5) is 13.1. The summed E-state index contributed by atoms with van der Waals surface area (Å²) in [5, 5.41) is 9.56. The summed E-state index contributed by atoms with van der Waals surface area (Å²) in [5.41, 5.74) is 0.352. The van der Waals surface area contributed by atoms with E-state index in [1.165, 1.54) is 0 Å². The Hall–Kier alpha value is -0.390. The highest BCUT2D eigenvalue weighted by atomic mass is 79.9. The standard InChI is InChI=1S/C11H21NO3.BrH/c1-5-12(6-2)7-10(13)8-15-11(14)9(3)4;/h10,13H,3,5-8H2,1-2,4H3;1H. The number of hydrogen-bond acceptors (Lipinski definition) is 4. The van der Waals surface area contributed by atoms with Gasteiger partial charge in [-0.15, -0.1) is 17.0 Å². The molecule has 0 rings (SSSR count). The molecule has 1 unspecified atom stereocenters. The number of hydrogen-bond donors (Lipinski definition) is 1. The van der Waals surface area contributed by atoms with E-state index in [2.05, 4.69) is 11.5 Å². The van der Waals surface area contributed by atoms with Crippen LogP contribution in [0.15, 0.2) is 12.2 Å². The van der Waals surface area contributed by atoms with E-state index < -0.39 is 12.1 Å². The number of nitrogens with zero attached hydrogens (tertiary/aromatic N) is 1. The second-order valence-electron chi connectivity index (χ2n) is 3.52. The highest BCUT2D eigenvalue weighted by molar-refractivity contribution is 8.93. The smallest absolute Gasteiger partial charge is 0.333 e. The fraction of sp³-hybridized carbons (Fsp3) is 0.727. The van der Waals surface area contributed by atoms with Gasteiger partial charge in [0.25, 0.3) is 0 Å². The Bertz CT molecular complexity index is 217. The van der Waals surface area contributed by atoms with Gasteiger partial charge < -0.3 is 14.7 Å². The molecule has 0 heterocycles. The lowest BCUT2D eigenvalue weighted by Crippen LogP contribution is -2.35. The SMILES string of the molecule is Br.C=C(C)C(=O)OCC(O)CN(CC)CC. The summed E-state index contributed by atoms with van der Waals surface area (Å²) in [6.07, 6.45) is -0.631. The number of aliphatic hydroxyl groups excluding tert-OH is 1. The molecule has 1 N–H and O–H groups in total. The van der Waals surface area contributed by atoms with Crippen LogP contribution in [0.2, 0.25) is 0 Å². The Morgan fingerprint density at radius 1 is 1.44 bits per heavy atom. The van der Waals surface area contributed by atoms with Crippen LogP contribution >= 0.6 is 17.0 Å². The van der Waals surface area contributed by atoms with Gasteiger partial charge >= 0.3 is 5.97 Å². The zero-order valence-electron chi connectivity index (χ0n) is 10.2. The number of halogens is 1. The van der Waals surface area contributed by atoms with Gasteiger partial charge in [0.05, 0.1) is 0 Å². The zero-order chi connectivity index (χ0) is 11.8. The Labute approximate surface area is 108 Å². The first-order valence-electron chi connectivity index (χ1n) is 5.24. The number of carbonyl (C=O) groups is 1. The van der Waals surface area contributed by atoms with Gasteiger partial charge in [-0.3, -0.25) is 0 Å². The lowest BCUT2D eigenvalue weighted by molar-refractivity contribution is -0.142. The molecule has 0 aromatic heterocycles. The average Bonchev–Trinajstić information content (AvgIpc) is 2.22. The molecular weight excluding hydrogens is 274 g/mol. The lowest BCUT2D eigenvalue weighted by atomic mass is 10.3. The van der Waals surface area contributed by atoms with Crippen LogP contribution in [0, 0.1) is 0 Å². The maximum absolute atomic E-state index is 11.0. The number of ether oxygens (including phenoxy) is 1. The Morgan fingerprint density at radius 2 is 1.94 bits per heavy atom. The summed E-state index contributed by atoms with van der Waals surface area (Å²) < 4.78 is 4.84. The minimum absolute atomic E-state index is 0. The molecule has 16 heavy (non-hydrogen) atoms. The monoisotopic (exact) mass is 295 g/mol. The summed E-state index contributed by atoms with van der Waals surface area (Å²) >= 11 is 0. The predicted octanol–water partition coefficient (Wildman–Crippen LogP) is 1.39. The molecule has 0 aromatic carbocycles. The highest BCUT2D eigenvalue weighted by Gasteiger charge is 2.11. The third kappa shape index (κ3) is 7.84. The van der Waals surface area contributed by atoms with Crippen molar-refractivity contribution in [2.24, 2.45) is 0 Å². The van der Waals surface area contributed by atoms with Crippen LogP contribution < -0.4 is 0 Å². The first kappa shape index (κ1) is 18.0. The van der Waals surface area contributed by atoms with Crippen molar-refractivity contribution in [1.29, 1.82) is 0 Å². The second-order valence-corrected chi connectivity index (χ2v) is 3.52. The molecule has 5 heteroatoms. The normalized spacial score (nSPS) is 11.8. The second kappa shape index (κ2) is 9.81. The zero-order valence-corrected chi connectivity index (χ0v) is 11.9. The van der Waals surface area contributed by atoms with Crippen LogP contribution in [0.5, 0.6) is 0 Å². The molecule has 0 saturated heterocycles. The van der Waals surface area contributed by atoms with Crippen molar-refractivity contribution in [3.63, 3.8) is 0 Å². The van der Waals surface area contributed by atoms with Crippen LogP contribution in [-0.4, -0.2) is 48.3 Å². The van der Waals surface area contributed by atoms with Crippen LogP contribution in [0.4, 0.5) is 0 Å². The molecular formula is C11H22BrNO3. The maximum Gasteiger partial charge on any atom is 0.333 e. The average molecular weight is 296 g/mol. The van der Waals surface area contributed by atoms with E-state index >= 15 is 0 Å². The highest BCUT2D eigenvalue weighted by Crippen LogP contribution is 1.96. The fourth-order valence-corrected chi connectivity index (χ4v) is 1.13. The van der Waals surface area contributed by atoms with Crippen molar-refractivity contribution < 1.29 is 14.6 Å². The van der Waals surface area contributed by atoms with Crippen LogP contribution in [0.1, 0.15) is 20.8 Å². The fourth-order valence-electron chi connectivity index (χ4n) is 1.13. The largest absolute Gasteiger partial charge is 0.460 e. The van der Waals surface area contributed by atoms with E-state index in [0.29, 0.717) is 12.1 Å². The molecule has 0 radical (unpaired) electrons. The van der Waals surface area contributed by atoms with Gasteiger partial charge in [0, 0.05) is 12.1 Å². The first-order valence-corrected chi connectivity index (χ1v) is 5.24. The molecule has 0 aromatic rings. The third-order valence-electron chi connectivity index (χ3n) is 2.12. The van der Waals surface area contributed by atoms with E-state index in [9.17, 15) is 9.90 Å². The summed E-state index contributed by atoms with van der Waals surface area (Å²) in [6.45, 7) is 11.4. The van der Waals surface area contributed by atoms with E-state index in [1.807, 2.05) is 13.8 Å². The maximum atomic E-state index is 11.0. The Kier molecular flexibility index (Phi) is 11.0. The molecule has 0 saturated carbocycles. The van der Waals surface area contributed by atoms with Crippen LogP contribution in [0.3, 0.4) is 0 Å². The van der Waals surface area contributed by atoms with Gasteiger partial charge in [0.2, 0.25) is 0 Å². The van der Waals surface area contributed by atoms with E-state index in [0.717, 1.165) is 13.1 Å². The van der Waals surface area contributed by atoms with Gasteiger partial charge in [-0.25, -0.2) is 4.79 Å². The van der Waals surface area contributed by atoms with E-state index in [1.54, 1.807) is 6.92 Å². The van der Waals surface area contributed by atoms with Crippen molar-refractivity contribution in [2.75, 3.05) is 26.2 Å². The Morgan fingerprint density at radius 3 is 2.31 bits per heavy atom. The number of likely N-dealkylation sites (N-methyl/N-ethyl adjacent to an activating group) is 1. The Balaban J connectivity index is 0. The quantitative estimate of drug-likeness (QED) is 0.570. The number of esters is 1. The molecule has 0 amide bonds. The van der Waals surface area contributed by atoms with Gasteiger partial charge in [0.15, 0.2) is 0 Å². The van der Waals surface area contributed by atoms with E-state index in [-0.39, 0.29) is 23.6 Å². The van der Waals surface area contributed by atoms with Gasteiger partial charge in [0.1, 0.15) is 12.7 Å². The minimum atomic E-state index is -0.631. The van der Waals surface area contributed by atoms with Crippen LogP contribution in [0.25, 0.3) is 0 Å². The third-order valence-corrected chi connectivity index (χ3v) is 2.12.